The van der Waals surface area contributed by atoms with Gasteiger partial charge >= 0.3 is 0 Å². The van der Waals surface area contributed by atoms with E-state index in [1.54, 1.807) is 6.20 Å². The molecule has 2 rings (SSSR count). The molecule has 1 saturated heterocycles. The quantitative estimate of drug-likeness (QED) is 0.678. The molecule has 1 fully saturated rings. The Hall–Kier alpha value is -1.23. The molecule has 1 aliphatic rings. The van der Waals surface area contributed by atoms with E-state index < -0.39 is 0 Å². The Morgan fingerprint density at radius 3 is 3.31 bits per heavy atom. The van der Waals surface area contributed by atoms with Crippen LogP contribution in [0.15, 0.2) is 12.5 Å². The molecule has 0 saturated carbocycles. The molecule has 0 amide bonds. The van der Waals surface area contributed by atoms with Gasteiger partial charge in [-0.1, -0.05) is 0 Å². The Morgan fingerprint density at radius 1 is 1.62 bits per heavy atom. The van der Waals surface area contributed by atoms with E-state index in [-0.39, 0.29) is 0 Å². The van der Waals surface area contributed by atoms with E-state index >= 15 is 0 Å². The van der Waals surface area contributed by atoms with Crippen molar-refractivity contribution in [1.82, 2.24) is 20.5 Å². The van der Waals surface area contributed by atoms with Gasteiger partial charge in [0, 0.05) is 6.54 Å². The highest BCUT2D eigenvalue weighted by Gasteiger charge is 2.13. The second-order valence-electron chi connectivity index (χ2n) is 3.23. The van der Waals surface area contributed by atoms with Crippen molar-refractivity contribution in [3.8, 4) is 0 Å². The Labute approximate surface area is 77.0 Å². The summed E-state index contributed by atoms with van der Waals surface area (Å²) in [5, 5.41) is 14.1. The normalized spacial score (nSPS) is 21.7. The summed E-state index contributed by atoms with van der Waals surface area (Å²) in [6.07, 6.45) is 4.36. The summed E-state index contributed by atoms with van der Waals surface area (Å²) >= 11 is 0. The molecule has 1 atom stereocenters. The summed E-state index contributed by atoms with van der Waals surface area (Å²) in [6, 6.07) is 0. The Balaban J connectivity index is 1.79. The van der Waals surface area contributed by atoms with Gasteiger partial charge in [-0.3, -0.25) is 0 Å². The van der Waals surface area contributed by atoms with E-state index in [0.29, 0.717) is 5.92 Å². The van der Waals surface area contributed by atoms with Crippen molar-refractivity contribution in [3.63, 3.8) is 0 Å². The van der Waals surface area contributed by atoms with E-state index in [9.17, 15) is 0 Å². The fourth-order valence-corrected chi connectivity index (χ4v) is 1.47. The highest BCUT2D eigenvalue weighted by atomic mass is 15.2. The van der Waals surface area contributed by atoms with Crippen LogP contribution in [0.2, 0.25) is 0 Å². The molecule has 13 heavy (non-hydrogen) atoms. The summed E-state index contributed by atoms with van der Waals surface area (Å²) in [5.41, 5.74) is 0. The third-order valence-electron chi connectivity index (χ3n) is 2.21. The minimum atomic E-state index is 0.710. The van der Waals surface area contributed by atoms with Gasteiger partial charge in [0.15, 0.2) is 5.82 Å². The van der Waals surface area contributed by atoms with Gasteiger partial charge in [-0.25, -0.2) is 4.98 Å². The van der Waals surface area contributed by atoms with Gasteiger partial charge < -0.3 is 10.6 Å². The predicted octanol–water partition coefficient (Wildman–Crippen LogP) is -0.107. The lowest BCUT2D eigenvalue weighted by atomic mass is 10.1. The van der Waals surface area contributed by atoms with E-state index in [1.165, 1.54) is 12.7 Å². The van der Waals surface area contributed by atoms with Crippen LogP contribution in [-0.4, -0.2) is 34.8 Å². The molecule has 5 heteroatoms. The molecule has 5 nitrogen and oxygen atoms in total. The van der Waals surface area contributed by atoms with Gasteiger partial charge in [0.1, 0.15) is 6.33 Å². The lowest BCUT2D eigenvalue weighted by molar-refractivity contribution is 0.613. The zero-order chi connectivity index (χ0) is 8.93. The molecule has 0 spiro atoms. The highest BCUT2D eigenvalue weighted by molar-refractivity contribution is 5.28. The van der Waals surface area contributed by atoms with Crippen LogP contribution in [0.1, 0.15) is 6.42 Å². The van der Waals surface area contributed by atoms with Gasteiger partial charge in [-0.05, 0) is 25.4 Å². The Bertz CT molecular complexity index is 244. The first-order chi connectivity index (χ1) is 6.45. The molecular weight excluding hydrogens is 166 g/mol. The lowest BCUT2D eigenvalue weighted by Crippen LogP contribution is -2.17. The van der Waals surface area contributed by atoms with Gasteiger partial charge in [-0.15, -0.1) is 10.2 Å². The largest absolute Gasteiger partial charge is 0.367 e. The van der Waals surface area contributed by atoms with Crippen LogP contribution in [0.5, 0.6) is 0 Å². The van der Waals surface area contributed by atoms with Crippen molar-refractivity contribution in [3.05, 3.63) is 12.5 Å². The maximum atomic E-state index is 3.90. The van der Waals surface area contributed by atoms with Crippen molar-refractivity contribution < 1.29 is 0 Å². The maximum absolute atomic E-state index is 3.90. The number of aromatic nitrogens is 3. The number of nitrogens with one attached hydrogen (secondary N) is 2. The number of nitrogens with zero attached hydrogens (tertiary/aromatic N) is 3. The maximum Gasteiger partial charge on any atom is 0.167 e. The standard InChI is InChI=1S/C8H13N5/c1-2-9-3-7(1)4-11-8-5-10-6-12-13-8/h5-7,9H,1-4H2,(H,11,13). The Kier molecular flexibility index (Phi) is 2.66. The first-order valence-corrected chi connectivity index (χ1v) is 4.52. The van der Waals surface area contributed by atoms with Crippen molar-refractivity contribution in [2.45, 2.75) is 6.42 Å². The molecule has 0 radical (unpaired) electrons. The fraction of sp³-hybridized carbons (Fsp3) is 0.625. The van der Waals surface area contributed by atoms with Crippen LogP contribution in [0, 0.1) is 5.92 Å². The van der Waals surface area contributed by atoms with Crippen LogP contribution < -0.4 is 10.6 Å². The SMILES string of the molecule is c1ncc(NCC2CCNC2)nn1. The average molecular weight is 179 g/mol. The van der Waals surface area contributed by atoms with E-state index in [1.807, 2.05) is 0 Å². The molecule has 0 bridgehead atoms. The van der Waals surface area contributed by atoms with Crippen LogP contribution in [0.25, 0.3) is 0 Å². The van der Waals surface area contributed by atoms with Crippen LogP contribution in [-0.2, 0) is 0 Å². The topological polar surface area (TPSA) is 62.7 Å². The van der Waals surface area contributed by atoms with Gasteiger partial charge in [0.25, 0.3) is 0 Å². The van der Waals surface area contributed by atoms with E-state index in [2.05, 4.69) is 25.8 Å². The molecule has 0 aliphatic carbocycles. The molecule has 1 unspecified atom stereocenters. The van der Waals surface area contributed by atoms with Gasteiger partial charge in [0.2, 0.25) is 0 Å². The van der Waals surface area contributed by atoms with E-state index in [4.69, 9.17) is 0 Å². The molecule has 1 aromatic rings. The zero-order valence-electron chi connectivity index (χ0n) is 7.40. The van der Waals surface area contributed by atoms with Gasteiger partial charge in [-0.2, -0.15) is 0 Å². The van der Waals surface area contributed by atoms with Crippen LogP contribution in [0.3, 0.4) is 0 Å². The highest BCUT2D eigenvalue weighted by Crippen LogP contribution is 2.07. The lowest BCUT2D eigenvalue weighted by Gasteiger charge is -2.08. The molecule has 70 valence electrons. The summed E-state index contributed by atoms with van der Waals surface area (Å²) in [4.78, 5) is 3.88. The molecule has 2 N–H and O–H groups in total. The van der Waals surface area contributed by atoms with Crippen molar-refractivity contribution in [2.75, 3.05) is 25.0 Å². The fourth-order valence-electron chi connectivity index (χ4n) is 1.47. The monoisotopic (exact) mass is 179 g/mol. The second kappa shape index (κ2) is 4.13. The summed E-state index contributed by atoms with van der Waals surface area (Å²) < 4.78 is 0. The average Bonchev–Trinajstić information content (AvgIpc) is 2.69. The number of hydrogen-bond acceptors (Lipinski definition) is 5. The predicted molar refractivity (Wildman–Crippen MR) is 49.3 cm³/mol. The molecular formula is C8H13N5. The smallest absolute Gasteiger partial charge is 0.167 e. The molecule has 0 aromatic carbocycles. The molecule has 1 aliphatic heterocycles. The minimum Gasteiger partial charge on any atom is -0.367 e. The zero-order valence-corrected chi connectivity index (χ0v) is 7.40. The summed E-state index contributed by atoms with van der Waals surface area (Å²) in [5.74, 6) is 1.47. The van der Waals surface area contributed by atoms with Crippen LogP contribution >= 0.6 is 0 Å². The Morgan fingerprint density at radius 2 is 2.62 bits per heavy atom. The third kappa shape index (κ3) is 2.35. The first kappa shape index (κ1) is 8.37. The number of anilines is 1. The molecule has 1 aromatic heterocycles. The molecule has 2 heterocycles. The number of hydrogen-bond donors (Lipinski definition) is 2. The minimum absolute atomic E-state index is 0.710. The van der Waals surface area contributed by atoms with Crippen LogP contribution in [0.4, 0.5) is 5.82 Å². The van der Waals surface area contributed by atoms with Gasteiger partial charge in [0.05, 0.1) is 6.20 Å². The van der Waals surface area contributed by atoms with E-state index in [0.717, 1.165) is 25.5 Å². The summed E-state index contributed by atoms with van der Waals surface area (Å²) in [7, 11) is 0. The van der Waals surface area contributed by atoms with Crippen molar-refractivity contribution in [2.24, 2.45) is 5.92 Å². The summed E-state index contributed by atoms with van der Waals surface area (Å²) in [6.45, 7) is 3.18. The van der Waals surface area contributed by atoms with Crippen molar-refractivity contribution in [1.29, 1.82) is 0 Å². The number of rotatable bonds is 3. The third-order valence-corrected chi connectivity index (χ3v) is 2.21. The second-order valence-corrected chi connectivity index (χ2v) is 3.23. The first-order valence-electron chi connectivity index (χ1n) is 4.52. The van der Waals surface area contributed by atoms with Crippen molar-refractivity contribution >= 4 is 5.82 Å².